The van der Waals surface area contributed by atoms with Gasteiger partial charge in [-0.15, -0.1) is 11.8 Å². The Bertz CT molecular complexity index is 858. The summed E-state index contributed by atoms with van der Waals surface area (Å²) in [7, 11) is 1.61. The first kappa shape index (κ1) is 25.3. The maximum absolute atomic E-state index is 13.1. The predicted octanol–water partition coefficient (Wildman–Crippen LogP) is 4.88. The Morgan fingerprint density at radius 3 is 2.45 bits per heavy atom. The van der Waals surface area contributed by atoms with E-state index in [1.807, 2.05) is 62.4 Å². The third-order valence-electron chi connectivity index (χ3n) is 4.75. The average Bonchev–Trinajstić information content (AvgIpc) is 2.76. The number of hydrogen-bond donors (Lipinski definition) is 1. The molecule has 2 amide bonds. The number of thioether (sulfide) groups is 1. The van der Waals surface area contributed by atoms with Gasteiger partial charge in [0.15, 0.2) is 0 Å². The first-order chi connectivity index (χ1) is 14.8. The van der Waals surface area contributed by atoms with Crippen molar-refractivity contribution < 1.29 is 14.3 Å². The van der Waals surface area contributed by atoms with Crippen molar-refractivity contribution in [2.24, 2.45) is 5.92 Å². The van der Waals surface area contributed by atoms with Crippen LogP contribution in [0.3, 0.4) is 0 Å². The van der Waals surface area contributed by atoms with E-state index in [9.17, 15) is 9.59 Å². The van der Waals surface area contributed by atoms with Gasteiger partial charge in [0.25, 0.3) is 0 Å². The second-order valence-electron chi connectivity index (χ2n) is 7.81. The van der Waals surface area contributed by atoms with Crippen LogP contribution in [0.25, 0.3) is 0 Å². The summed E-state index contributed by atoms with van der Waals surface area (Å²) >= 11 is 4.99. The van der Waals surface area contributed by atoms with Crippen LogP contribution in [0.1, 0.15) is 31.9 Å². The number of benzene rings is 2. The number of methoxy groups -OCH3 is 1. The average molecular weight is 507 g/mol. The highest BCUT2D eigenvalue weighted by atomic mass is 79.9. The molecule has 31 heavy (non-hydrogen) atoms. The summed E-state index contributed by atoms with van der Waals surface area (Å²) < 4.78 is 6.33. The van der Waals surface area contributed by atoms with Crippen molar-refractivity contribution in [1.82, 2.24) is 10.2 Å². The summed E-state index contributed by atoms with van der Waals surface area (Å²) in [6.07, 6.45) is 0. The number of carbonyl (C=O) groups excluding carboxylic acids is 2. The summed E-state index contributed by atoms with van der Waals surface area (Å²) in [5.41, 5.74) is 2.08. The normalized spacial score (nSPS) is 11.8. The summed E-state index contributed by atoms with van der Waals surface area (Å²) in [5, 5.41) is 2.94. The molecule has 1 N–H and O–H groups in total. The molecule has 5 nitrogen and oxygen atoms in total. The number of carbonyl (C=O) groups is 2. The van der Waals surface area contributed by atoms with E-state index < -0.39 is 6.04 Å². The number of rotatable bonds is 11. The van der Waals surface area contributed by atoms with Gasteiger partial charge in [0.1, 0.15) is 11.8 Å². The molecule has 0 radical (unpaired) electrons. The van der Waals surface area contributed by atoms with Gasteiger partial charge < -0.3 is 15.0 Å². The molecular weight excluding hydrogens is 476 g/mol. The lowest BCUT2D eigenvalue weighted by atomic mass is 10.1. The van der Waals surface area contributed by atoms with E-state index in [-0.39, 0.29) is 11.8 Å². The van der Waals surface area contributed by atoms with Gasteiger partial charge in [0.2, 0.25) is 11.8 Å². The van der Waals surface area contributed by atoms with Gasteiger partial charge >= 0.3 is 0 Å². The molecule has 0 fully saturated rings. The van der Waals surface area contributed by atoms with E-state index in [0.29, 0.717) is 24.8 Å². The fourth-order valence-corrected chi connectivity index (χ4v) is 4.06. The van der Waals surface area contributed by atoms with Crippen LogP contribution in [-0.2, 0) is 21.9 Å². The molecule has 0 saturated heterocycles. The molecule has 2 aromatic carbocycles. The predicted molar refractivity (Wildman–Crippen MR) is 131 cm³/mol. The molecule has 2 aromatic rings. The highest BCUT2D eigenvalue weighted by Crippen LogP contribution is 2.19. The van der Waals surface area contributed by atoms with E-state index >= 15 is 0 Å². The minimum atomic E-state index is -0.564. The van der Waals surface area contributed by atoms with E-state index in [0.717, 1.165) is 27.1 Å². The van der Waals surface area contributed by atoms with E-state index in [2.05, 4.69) is 21.2 Å². The van der Waals surface area contributed by atoms with Crippen molar-refractivity contribution in [1.29, 1.82) is 0 Å². The third kappa shape index (κ3) is 8.57. The van der Waals surface area contributed by atoms with Gasteiger partial charge in [-0.3, -0.25) is 9.59 Å². The molecule has 168 valence electrons. The zero-order valence-electron chi connectivity index (χ0n) is 18.6. The molecule has 0 aromatic heterocycles. The minimum Gasteiger partial charge on any atom is -0.497 e. The quantitative estimate of drug-likeness (QED) is 0.471. The summed E-state index contributed by atoms with van der Waals surface area (Å²) in [6.45, 7) is 6.81. The van der Waals surface area contributed by atoms with E-state index in [1.54, 1.807) is 30.7 Å². The van der Waals surface area contributed by atoms with Crippen LogP contribution in [0.2, 0.25) is 0 Å². The van der Waals surface area contributed by atoms with Crippen molar-refractivity contribution in [3.8, 4) is 5.75 Å². The van der Waals surface area contributed by atoms with Crippen molar-refractivity contribution in [2.45, 2.75) is 39.1 Å². The second kappa shape index (κ2) is 12.8. The molecule has 2 rings (SSSR count). The Kier molecular flexibility index (Phi) is 10.4. The van der Waals surface area contributed by atoms with Crippen LogP contribution >= 0.6 is 27.7 Å². The van der Waals surface area contributed by atoms with Crippen molar-refractivity contribution >= 4 is 39.5 Å². The lowest BCUT2D eigenvalue weighted by Gasteiger charge is -2.29. The highest BCUT2D eigenvalue weighted by molar-refractivity contribution is 9.10. The molecule has 7 heteroatoms. The largest absolute Gasteiger partial charge is 0.497 e. The lowest BCUT2D eigenvalue weighted by Crippen LogP contribution is -2.48. The molecule has 0 saturated carbocycles. The van der Waals surface area contributed by atoms with Crippen LogP contribution in [0, 0.1) is 5.92 Å². The van der Waals surface area contributed by atoms with Crippen LogP contribution in [-0.4, -0.2) is 42.2 Å². The van der Waals surface area contributed by atoms with Crippen LogP contribution in [0.15, 0.2) is 53.0 Å². The Hall–Kier alpha value is -1.99. The number of ether oxygens (including phenoxy) is 1. The maximum Gasteiger partial charge on any atom is 0.242 e. The Morgan fingerprint density at radius 2 is 1.81 bits per heavy atom. The SMILES string of the molecule is COc1cccc(CN(C(=O)CSCc2ccc(Br)cc2)[C@@H](C)C(=O)NCC(C)C)c1. The molecular formula is C24H31BrN2O3S. The summed E-state index contributed by atoms with van der Waals surface area (Å²) in [4.78, 5) is 27.5. The first-order valence-electron chi connectivity index (χ1n) is 10.3. The second-order valence-corrected chi connectivity index (χ2v) is 9.71. The van der Waals surface area contributed by atoms with E-state index in [4.69, 9.17) is 4.74 Å². The fraction of sp³-hybridized carbons (Fsp3) is 0.417. The molecule has 0 aliphatic heterocycles. The van der Waals surface area contributed by atoms with Gasteiger partial charge in [-0.2, -0.15) is 0 Å². The fourth-order valence-electron chi connectivity index (χ4n) is 2.92. The topological polar surface area (TPSA) is 58.6 Å². The molecule has 0 heterocycles. The third-order valence-corrected chi connectivity index (χ3v) is 6.26. The molecule has 0 unspecified atom stereocenters. The Balaban J connectivity index is 2.07. The van der Waals surface area contributed by atoms with Crippen LogP contribution < -0.4 is 10.1 Å². The minimum absolute atomic E-state index is 0.0582. The number of nitrogens with one attached hydrogen (secondary N) is 1. The first-order valence-corrected chi connectivity index (χ1v) is 12.3. The summed E-state index contributed by atoms with van der Waals surface area (Å²) in [6, 6.07) is 15.1. The lowest BCUT2D eigenvalue weighted by molar-refractivity contribution is -0.138. The zero-order valence-corrected chi connectivity index (χ0v) is 21.0. The van der Waals surface area contributed by atoms with Gasteiger partial charge in [0.05, 0.1) is 12.9 Å². The van der Waals surface area contributed by atoms with Crippen LogP contribution in [0.5, 0.6) is 5.75 Å². The smallest absolute Gasteiger partial charge is 0.242 e. The monoisotopic (exact) mass is 506 g/mol. The Labute approximate surface area is 198 Å². The number of nitrogens with zero attached hydrogens (tertiary/aromatic N) is 1. The number of amides is 2. The summed E-state index contributed by atoms with van der Waals surface area (Å²) in [5.74, 6) is 1.92. The van der Waals surface area contributed by atoms with E-state index in [1.165, 1.54) is 0 Å². The van der Waals surface area contributed by atoms with Gasteiger partial charge in [-0.05, 0) is 48.2 Å². The van der Waals surface area contributed by atoms with Crippen molar-refractivity contribution in [2.75, 3.05) is 19.4 Å². The molecule has 0 bridgehead atoms. The molecule has 1 atom stereocenters. The number of hydrogen-bond acceptors (Lipinski definition) is 4. The number of halogens is 1. The van der Waals surface area contributed by atoms with Crippen molar-refractivity contribution in [3.05, 3.63) is 64.1 Å². The highest BCUT2D eigenvalue weighted by Gasteiger charge is 2.26. The Morgan fingerprint density at radius 1 is 1.10 bits per heavy atom. The standard InChI is InChI=1S/C24H31BrN2O3S/c1-17(2)13-26-24(29)18(3)27(14-20-6-5-7-22(12-20)30-4)23(28)16-31-15-19-8-10-21(25)11-9-19/h5-12,17-18H,13-16H2,1-4H3,(H,26,29)/t18-/m0/s1. The maximum atomic E-state index is 13.1. The molecule has 0 aliphatic carbocycles. The zero-order chi connectivity index (χ0) is 22.8. The van der Waals surface area contributed by atoms with Crippen LogP contribution in [0.4, 0.5) is 0 Å². The van der Waals surface area contributed by atoms with Crippen molar-refractivity contribution in [3.63, 3.8) is 0 Å². The van der Waals surface area contributed by atoms with Gasteiger partial charge in [-0.25, -0.2) is 0 Å². The molecule has 0 aliphatic rings. The van der Waals surface area contributed by atoms with Gasteiger partial charge in [0, 0.05) is 23.3 Å². The molecule has 0 spiro atoms. The van der Waals surface area contributed by atoms with Gasteiger partial charge in [-0.1, -0.05) is 54.0 Å².